The zero-order chi connectivity index (χ0) is 17.1. The van der Waals surface area contributed by atoms with E-state index in [1.165, 1.54) is 0 Å². The molecule has 1 saturated heterocycles. The summed E-state index contributed by atoms with van der Waals surface area (Å²) in [6.07, 6.45) is 0. The van der Waals surface area contributed by atoms with Gasteiger partial charge in [0.15, 0.2) is 0 Å². The summed E-state index contributed by atoms with van der Waals surface area (Å²) < 4.78 is 5.13. The first-order valence-corrected chi connectivity index (χ1v) is 7.76. The first kappa shape index (κ1) is 16.0. The number of rotatable bonds is 3. The van der Waals surface area contributed by atoms with Gasteiger partial charge in [0.25, 0.3) is 5.91 Å². The van der Waals surface area contributed by atoms with E-state index in [1.807, 2.05) is 37.3 Å². The van der Waals surface area contributed by atoms with Crippen LogP contribution in [0.5, 0.6) is 5.75 Å². The first-order chi connectivity index (χ1) is 11.6. The summed E-state index contributed by atoms with van der Waals surface area (Å²) in [5.74, 6) is 0.430. The Morgan fingerprint density at radius 3 is 2.50 bits per heavy atom. The van der Waals surface area contributed by atoms with Gasteiger partial charge in [0, 0.05) is 24.5 Å². The Kier molecular flexibility index (Phi) is 4.46. The van der Waals surface area contributed by atoms with E-state index in [4.69, 9.17) is 4.74 Å². The molecule has 0 aliphatic carbocycles. The highest BCUT2D eigenvalue weighted by Crippen LogP contribution is 2.21. The fourth-order valence-electron chi connectivity index (χ4n) is 2.71. The van der Waals surface area contributed by atoms with Crippen molar-refractivity contribution in [3.05, 3.63) is 53.9 Å². The average Bonchev–Trinajstić information content (AvgIpc) is 2.61. The van der Waals surface area contributed by atoms with Crippen molar-refractivity contribution in [2.24, 2.45) is 0 Å². The molecule has 2 heterocycles. The van der Waals surface area contributed by atoms with Crippen LogP contribution in [0.25, 0.3) is 0 Å². The van der Waals surface area contributed by atoms with Crippen LogP contribution in [0.4, 0.5) is 5.69 Å². The van der Waals surface area contributed by atoms with E-state index in [0.29, 0.717) is 18.8 Å². The van der Waals surface area contributed by atoms with E-state index in [1.54, 1.807) is 29.0 Å². The molecule has 0 bridgehead atoms. The van der Waals surface area contributed by atoms with Crippen LogP contribution in [0.3, 0.4) is 0 Å². The number of aryl methyl sites for hydroxylation is 1. The van der Waals surface area contributed by atoms with Crippen molar-refractivity contribution >= 4 is 17.5 Å². The summed E-state index contributed by atoms with van der Waals surface area (Å²) in [4.78, 5) is 32.4. The molecule has 24 heavy (non-hydrogen) atoms. The second-order valence-electron chi connectivity index (χ2n) is 5.63. The van der Waals surface area contributed by atoms with E-state index in [2.05, 4.69) is 4.98 Å². The Bertz CT molecular complexity index is 758. The summed E-state index contributed by atoms with van der Waals surface area (Å²) in [6.45, 7) is 2.83. The molecular formula is C18H19N3O3. The van der Waals surface area contributed by atoms with Crippen molar-refractivity contribution in [3.8, 4) is 5.75 Å². The van der Waals surface area contributed by atoms with Crippen molar-refractivity contribution in [2.75, 3.05) is 31.6 Å². The van der Waals surface area contributed by atoms with E-state index < -0.39 is 0 Å². The van der Waals surface area contributed by atoms with Gasteiger partial charge in [-0.2, -0.15) is 0 Å². The number of hydrogen-bond donors (Lipinski definition) is 0. The Morgan fingerprint density at radius 2 is 1.88 bits per heavy atom. The summed E-state index contributed by atoms with van der Waals surface area (Å²) in [5, 5.41) is 0. The minimum absolute atomic E-state index is 0.0560. The lowest BCUT2D eigenvalue weighted by Crippen LogP contribution is -2.52. The molecule has 1 aliphatic rings. The summed E-state index contributed by atoms with van der Waals surface area (Å²) in [6, 6.07) is 12.6. The summed E-state index contributed by atoms with van der Waals surface area (Å²) >= 11 is 0. The van der Waals surface area contributed by atoms with Gasteiger partial charge >= 0.3 is 0 Å². The monoisotopic (exact) mass is 325 g/mol. The third kappa shape index (κ3) is 3.22. The highest BCUT2D eigenvalue weighted by atomic mass is 16.5. The highest BCUT2D eigenvalue weighted by Gasteiger charge is 2.29. The Hall–Kier alpha value is -2.89. The van der Waals surface area contributed by atoms with Crippen LogP contribution in [-0.2, 0) is 4.79 Å². The number of piperazine rings is 1. The van der Waals surface area contributed by atoms with Crippen LogP contribution in [0.1, 0.15) is 16.2 Å². The normalized spacial score (nSPS) is 14.7. The molecule has 6 nitrogen and oxygen atoms in total. The lowest BCUT2D eigenvalue weighted by atomic mass is 10.2. The van der Waals surface area contributed by atoms with Crippen LogP contribution < -0.4 is 9.64 Å². The van der Waals surface area contributed by atoms with E-state index in [9.17, 15) is 9.59 Å². The second kappa shape index (κ2) is 6.70. The lowest BCUT2D eigenvalue weighted by Gasteiger charge is -2.34. The van der Waals surface area contributed by atoms with Gasteiger partial charge in [0.1, 0.15) is 18.0 Å². The third-order valence-corrected chi connectivity index (χ3v) is 4.00. The van der Waals surface area contributed by atoms with E-state index in [-0.39, 0.29) is 18.4 Å². The number of amides is 2. The predicted molar refractivity (Wildman–Crippen MR) is 90.2 cm³/mol. The molecule has 0 atom stereocenters. The van der Waals surface area contributed by atoms with Gasteiger partial charge in [-0.3, -0.25) is 9.59 Å². The topological polar surface area (TPSA) is 62.7 Å². The fourth-order valence-corrected chi connectivity index (χ4v) is 2.71. The zero-order valence-electron chi connectivity index (χ0n) is 13.7. The SMILES string of the molecule is COc1ccc(N2CCN(C(=O)c3cccc(C)n3)CC2=O)cc1. The van der Waals surface area contributed by atoms with Gasteiger partial charge in [0.05, 0.1) is 7.11 Å². The maximum Gasteiger partial charge on any atom is 0.272 e. The molecule has 0 radical (unpaired) electrons. The molecular weight excluding hydrogens is 306 g/mol. The number of hydrogen-bond acceptors (Lipinski definition) is 4. The quantitative estimate of drug-likeness (QED) is 0.864. The van der Waals surface area contributed by atoms with Gasteiger partial charge in [-0.1, -0.05) is 6.07 Å². The fraction of sp³-hybridized carbons (Fsp3) is 0.278. The molecule has 1 aliphatic heterocycles. The van der Waals surface area contributed by atoms with Crippen molar-refractivity contribution < 1.29 is 14.3 Å². The summed E-state index contributed by atoms with van der Waals surface area (Å²) in [7, 11) is 1.60. The largest absolute Gasteiger partial charge is 0.497 e. The van der Waals surface area contributed by atoms with Crippen molar-refractivity contribution in [2.45, 2.75) is 6.92 Å². The number of carbonyl (C=O) groups is 2. The molecule has 0 spiro atoms. The molecule has 0 N–H and O–H groups in total. The van der Waals surface area contributed by atoms with Gasteiger partial charge < -0.3 is 14.5 Å². The van der Waals surface area contributed by atoms with Crippen molar-refractivity contribution in [1.82, 2.24) is 9.88 Å². The van der Waals surface area contributed by atoms with E-state index >= 15 is 0 Å². The van der Waals surface area contributed by atoms with Crippen LogP contribution in [0, 0.1) is 6.92 Å². The smallest absolute Gasteiger partial charge is 0.272 e. The number of nitrogens with zero attached hydrogens (tertiary/aromatic N) is 3. The lowest BCUT2D eigenvalue weighted by molar-refractivity contribution is -0.120. The van der Waals surface area contributed by atoms with Gasteiger partial charge in [-0.15, -0.1) is 0 Å². The first-order valence-electron chi connectivity index (χ1n) is 7.76. The number of pyridine rings is 1. The maximum atomic E-state index is 12.5. The van der Waals surface area contributed by atoms with Gasteiger partial charge in [-0.05, 0) is 43.3 Å². The Morgan fingerprint density at radius 1 is 1.12 bits per heavy atom. The predicted octanol–water partition coefficient (Wildman–Crippen LogP) is 1.89. The van der Waals surface area contributed by atoms with Crippen LogP contribution in [0.2, 0.25) is 0 Å². The van der Waals surface area contributed by atoms with Crippen molar-refractivity contribution in [1.29, 1.82) is 0 Å². The maximum absolute atomic E-state index is 12.5. The number of ether oxygens (including phenoxy) is 1. The molecule has 2 amide bonds. The number of aromatic nitrogens is 1. The Labute approximate surface area is 140 Å². The molecule has 124 valence electrons. The number of benzene rings is 1. The van der Waals surface area contributed by atoms with Crippen LogP contribution >= 0.6 is 0 Å². The van der Waals surface area contributed by atoms with Gasteiger partial charge in [-0.25, -0.2) is 4.98 Å². The zero-order valence-corrected chi connectivity index (χ0v) is 13.7. The Balaban J connectivity index is 1.70. The van der Waals surface area contributed by atoms with Crippen LogP contribution in [0.15, 0.2) is 42.5 Å². The van der Waals surface area contributed by atoms with E-state index in [0.717, 1.165) is 17.1 Å². The van der Waals surface area contributed by atoms with Crippen LogP contribution in [-0.4, -0.2) is 48.4 Å². The van der Waals surface area contributed by atoms with Gasteiger partial charge in [0.2, 0.25) is 5.91 Å². The average molecular weight is 325 g/mol. The third-order valence-electron chi connectivity index (χ3n) is 4.00. The molecule has 1 aromatic heterocycles. The molecule has 6 heteroatoms. The number of anilines is 1. The van der Waals surface area contributed by atoms with Crippen molar-refractivity contribution in [3.63, 3.8) is 0 Å². The molecule has 0 unspecified atom stereocenters. The molecule has 3 rings (SSSR count). The number of methoxy groups -OCH3 is 1. The second-order valence-corrected chi connectivity index (χ2v) is 5.63. The minimum Gasteiger partial charge on any atom is -0.497 e. The number of carbonyl (C=O) groups excluding carboxylic acids is 2. The molecule has 2 aromatic rings. The molecule has 0 saturated carbocycles. The standard InChI is InChI=1S/C18H19N3O3/c1-13-4-3-5-16(19-13)18(23)20-10-11-21(17(22)12-20)14-6-8-15(24-2)9-7-14/h3-9H,10-12H2,1-2H3. The summed E-state index contributed by atoms with van der Waals surface area (Å²) in [5.41, 5.74) is 1.96. The molecule has 1 fully saturated rings. The molecule has 1 aromatic carbocycles. The minimum atomic E-state index is -0.207. The highest BCUT2D eigenvalue weighted by molar-refractivity contribution is 6.01.